The molecule has 1 aromatic heterocycles. The second-order valence-electron chi connectivity index (χ2n) is 5.59. The van der Waals surface area contributed by atoms with Crippen molar-refractivity contribution in [3.63, 3.8) is 0 Å². The van der Waals surface area contributed by atoms with Gasteiger partial charge < -0.3 is 10.5 Å². The normalized spacial score (nSPS) is 14.6. The van der Waals surface area contributed by atoms with Gasteiger partial charge in [0, 0.05) is 12.3 Å². The summed E-state index contributed by atoms with van der Waals surface area (Å²) in [6.45, 7) is 1.94. The van der Waals surface area contributed by atoms with Crippen LogP contribution in [0.25, 0.3) is 0 Å². The van der Waals surface area contributed by atoms with Crippen molar-refractivity contribution in [3.8, 4) is 11.5 Å². The van der Waals surface area contributed by atoms with E-state index >= 15 is 0 Å². The summed E-state index contributed by atoms with van der Waals surface area (Å²) in [5.74, 6) is 2.21. The molecule has 0 atom stereocenters. The van der Waals surface area contributed by atoms with Crippen LogP contribution in [0.2, 0.25) is 0 Å². The highest BCUT2D eigenvalue weighted by atomic mass is 32.2. The van der Waals surface area contributed by atoms with Gasteiger partial charge in [0.05, 0.1) is 0 Å². The number of rotatable bonds is 4. The van der Waals surface area contributed by atoms with Gasteiger partial charge in [-0.2, -0.15) is 0 Å². The molecular weight excluding hydrogens is 318 g/mol. The van der Waals surface area contributed by atoms with Crippen molar-refractivity contribution in [2.24, 2.45) is 10.7 Å². The van der Waals surface area contributed by atoms with E-state index in [1.54, 1.807) is 6.20 Å². The summed E-state index contributed by atoms with van der Waals surface area (Å²) in [4.78, 5) is 8.53. The molecule has 1 aromatic carbocycles. The summed E-state index contributed by atoms with van der Waals surface area (Å²) in [7, 11) is 0. The third-order valence-electron chi connectivity index (χ3n) is 3.85. The van der Waals surface area contributed by atoms with Crippen molar-refractivity contribution in [1.82, 2.24) is 4.98 Å². The Bertz CT molecular complexity index is 771. The lowest BCUT2D eigenvalue weighted by Gasteiger charge is -2.19. The molecule has 5 heteroatoms. The Kier molecular flexibility index (Phi) is 5.54. The molecule has 0 aliphatic heterocycles. The maximum atomic E-state index is 6.11. The van der Waals surface area contributed by atoms with Crippen LogP contribution in [0.3, 0.4) is 0 Å². The lowest BCUT2D eigenvalue weighted by molar-refractivity contribution is 0.470. The van der Waals surface area contributed by atoms with Crippen LogP contribution in [0.1, 0.15) is 30.9 Å². The molecule has 1 aliphatic rings. The van der Waals surface area contributed by atoms with Crippen molar-refractivity contribution in [2.75, 3.05) is 0 Å². The topological polar surface area (TPSA) is 60.5 Å². The number of hydrogen-bond acceptors (Lipinski definition) is 4. The number of fused-ring (bicyclic) bond motifs is 1. The molecule has 2 N–H and O–H groups in total. The van der Waals surface area contributed by atoms with E-state index in [1.807, 2.05) is 36.6 Å². The van der Waals surface area contributed by atoms with E-state index in [9.17, 15) is 0 Å². The minimum atomic E-state index is 0.454. The number of aromatic nitrogens is 1. The van der Waals surface area contributed by atoms with Crippen LogP contribution >= 0.6 is 11.8 Å². The molecule has 0 amide bonds. The number of thioether (sulfide) groups is 1. The fourth-order valence-electron chi connectivity index (χ4n) is 2.77. The zero-order chi connectivity index (χ0) is 16.8. The molecule has 0 unspecified atom stereocenters. The van der Waals surface area contributed by atoms with Crippen LogP contribution in [-0.4, -0.2) is 10.2 Å². The van der Waals surface area contributed by atoms with Gasteiger partial charge in [0.25, 0.3) is 0 Å². The molecule has 24 heavy (non-hydrogen) atoms. The number of pyridine rings is 1. The zero-order valence-electron chi connectivity index (χ0n) is 13.7. The van der Waals surface area contributed by atoms with E-state index in [-0.39, 0.29) is 0 Å². The van der Waals surface area contributed by atoms with E-state index < -0.39 is 0 Å². The Labute approximate surface area is 146 Å². The first-order chi connectivity index (χ1) is 11.8. The molecule has 4 nitrogen and oxygen atoms in total. The SMILES string of the molecule is C/C=C/SC(N)=Nc1cc(Oc2cccc3c2CCCC3)ccn1. The van der Waals surface area contributed by atoms with Crippen molar-refractivity contribution >= 4 is 22.7 Å². The van der Waals surface area contributed by atoms with E-state index in [4.69, 9.17) is 10.5 Å². The first-order valence-corrected chi connectivity index (χ1v) is 9.01. The molecule has 3 rings (SSSR count). The third-order valence-corrected chi connectivity index (χ3v) is 4.59. The first-order valence-electron chi connectivity index (χ1n) is 8.13. The number of nitrogens with two attached hydrogens (primary N) is 1. The lowest BCUT2D eigenvalue weighted by atomic mass is 9.91. The van der Waals surface area contributed by atoms with Gasteiger partial charge in [0.2, 0.25) is 0 Å². The minimum Gasteiger partial charge on any atom is -0.457 e. The number of aliphatic imine (C=N–C) groups is 1. The van der Waals surface area contributed by atoms with Gasteiger partial charge in [0.15, 0.2) is 11.0 Å². The summed E-state index contributed by atoms with van der Waals surface area (Å²) in [6.07, 6.45) is 8.30. The highest BCUT2D eigenvalue weighted by Gasteiger charge is 2.14. The Morgan fingerprint density at radius 2 is 2.17 bits per heavy atom. The Morgan fingerprint density at radius 1 is 1.29 bits per heavy atom. The van der Waals surface area contributed by atoms with Crippen LogP contribution in [0.5, 0.6) is 11.5 Å². The molecule has 124 valence electrons. The van der Waals surface area contributed by atoms with Crippen molar-refractivity contribution in [2.45, 2.75) is 32.6 Å². The van der Waals surface area contributed by atoms with Crippen LogP contribution in [-0.2, 0) is 12.8 Å². The predicted molar refractivity (Wildman–Crippen MR) is 101 cm³/mol. The van der Waals surface area contributed by atoms with Crippen molar-refractivity contribution < 1.29 is 4.74 Å². The summed E-state index contributed by atoms with van der Waals surface area (Å²) < 4.78 is 6.11. The lowest BCUT2D eigenvalue weighted by Crippen LogP contribution is -2.05. The molecule has 2 aromatic rings. The van der Waals surface area contributed by atoms with Gasteiger partial charge in [-0.15, -0.1) is 0 Å². The number of allylic oxidation sites excluding steroid dienone is 1. The quantitative estimate of drug-likeness (QED) is 0.631. The monoisotopic (exact) mass is 339 g/mol. The molecule has 0 saturated heterocycles. The minimum absolute atomic E-state index is 0.454. The third kappa shape index (κ3) is 4.17. The molecule has 1 heterocycles. The fourth-order valence-corrected chi connectivity index (χ4v) is 3.19. The van der Waals surface area contributed by atoms with Crippen molar-refractivity contribution in [1.29, 1.82) is 0 Å². The molecular formula is C19H21N3OS. The maximum Gasteiger partial charge on any atom is 0.165 e. The van der Waals surface area contributed by atoms with Crippen LogP contribution in [0, 0.1) is 0 Å². The molecule has 1 aliphatic carbocycles. The second-order valence-corrected chi connectivity index (χ2v) is 6.52. The Morgan fingerprint density at radius 3 is 3.04 bits per heavy atom. The zero-order valence-corrected chi connectivity index (χ0v) is 14.6. The smallest absolute Gasteiger partial charge is 0.165 e. The van der Waals surface area contributed by atoms with Gasteiger partial charge >= 0.3 is 0 Å². The summed E-state index contributed by atoms with van der Waals surface area (Å²) >= 11 is 1.37. The van der Waals surface area contributed by atoms with Crippen molar-refractivity contribution in [3.05, 3.63) is 59.1 Å². The second kappa shape index (κ2) is 8.02. The van der Waals surface area contributed by atoms with E-state index in [0.29, 0.717) is 11.0 Å². The van der Waals surface area contributed by atoms with Crippen LogP contribution in [0.15, 0.2) is 53.0 Å². The Balaban J connectivity index is 1.80. The van der Waals surface area contributed by atoms with E-state index in [2.05, 4.69) is 22.1 Å². The van der Waals surface area contributed by atoms with E-state index in [1.165, 1.54) is 35.7 Å². The van der Waals surface area contributed by atoms with Crippen LogP contribution < -0.4 is 10.5 Å². The van der Waals surface area contributed by atoms with Gasteiger partial charge in [0.1, 0.15) is 11.5 Å². The number of hydrogen-bond donors (Lipinski definition) is 1. The summed E-state index contributed by atoms with van der Waals surface area (Å²) in [5.41, 5.74) is 8.59. The van der Waals surface area contributed by atoms with Gasteiger partial charge in [-0.3, -0.25) is 0 Å². The number of aryl methyl sites for hydroxylation is 1. The summed E-state index contributed by atoms with van der Waals surface area (Å²) in [6, 6.07) is 9.94. The first kappa shape index (κ1) is 16.6. The van der Waals surface area contributed by atoms with Gasteiger partial charge in [-0.05, 0) is 61.3 Å². The Hall–Kier alpha value is -2.27. The largest absolute Gasteiger partial charge is 0.457 e. The maximum absolute atomic E-state index is 6.11. The molecule has 0 fully saturated rings. The average molecular weight is 339 g/mol. The molecule has 0 bridgehead atoms. The molecule has 0 spiro atoms. The highest BCUT2D eigenvalue weighted by molar-refractivity contribution is 8.16. The van der Waals surface area contributed by atoms with E-state index in [0.717, 1.165) is 24.3 Å². The number of ether oxygens (including phenoxy) is 1. The highest BCUT2D eigenvalue weighted by Crippen LogP contribution is 2.33. The average Bonchev–Trinajstić information content (AvgIpc) is 2.61. The fraction of sp³-hybridized carbons (Fsp3) is 0.263. The van der Waals surface area contributed by atoms with Gasteiger partial charge in [-0.1, -0.05) is 30.0 Å². The summed E-state index contributed by atoms with van der Waals surface area (Å²) in [5, 5.41) is 2.34. The predicted octanol–water partition coefficient (Wildman–Crippen LogP) is 4.97. The number of amidine groups is 1. The van der Waals surface area contributed by atoms with Gasteiger partial charge in [-0.25, -0.2) is 9.98 Å². The van der Waals surface area contributed by atoms with Crippen LogP contribution in [0.4, 0.5) is 5.82 Å². The molecule has 0 saturated carbocycles. The number of benzene rings is 1. The standard InChI is InChI=1S/C19H21N3OS/c1-2-12-24-19(20)22-18-13-15(10-11-21-18)23-17-9-5-7-14-6-3-4-8-16(14)17/h2,5,7,9-13H,3-4,6,8H2,1H3,(H2,20,21,22)/b12-2+. The number of nitrogens with zero attached hydrogens (tertiary/aromatic N) is 2. The molecule has 0 radical (unpaired) electrons.